The number of hydrogen-bond acceptors (Lipinski definition) is 3. The quantitative estimate of drug-likeness (QED) is 0.483. The SMILES string of the molecule is CN(C)c1ccccc1-c1cc(-c2ccccc2)nc(-c2ccccc2)n1. The number of nitrogens with zero attached hydrogens (tertiary/aromatic N) is 3. The van der Waals surface area contributed by atoms with Crippen molar-refractivity contribution < 1.29 is 0 Å². The summed E-state index contributed by atoms with van der Waals surface area (Å²) in [5.74, 6) is 0.737. The molecule has 0 aliphatic heterocycles. The zero-order valence-electron chi connectivity index (χ0n) is 15.5. The van der Waals surface area contributed by atoms with Gasteiger partial charge in [0.1, 0.15) is 0 Å². The maximum absolute atomic E-state index is 4.90. The van der Waals surface area contributed by atoms with Crippen LogP contribution in [0, 0.1) is 0 Å². The van der Waals surface area contributed by atoms with Crippen molar-refractivity contribution in [1.29, 1.82) is 0 Å². The molecule has 0 aliphatic rings. The van der Waals surface area contributed by atoms with Gasteiger partial charge in [-0.1, -0.05) is 78.9 Å². The third-order valence-corrected chi connectivity index (χ3v) is 4.49. The average Bonchev–Trinajstić information content (AvgIpc) is 2.74. The van der Waals surface area contributed by atoms with Crippen molar-refractivity contribution in [2.45, 2.75) is 0 Å². The first-order valence-electron chi connectivity index (χ1n) is 8.99. The van der Waals surface area contributed by atoms with Crippen molar-refractivity contribution in [2.75, 3.05) is 19.0 Å². The fourth-order valence-electron chi connectivity index (χ4n) is 3.14. The van der Waals surface area contributed by atoms with Crippen LogP contribution in [-0.4, -0.2) is 24.1 Å². The highest BCUT2D eigenvalue weighted by Crippen LogP contribution is 2.32. The molecule has 1 heterocycles. The minimum Gasteiger partial charge on any atom is -0.377 e. The lowest BCUT2D eigenvalue weighted by molar-refractivity contribution is 1.12. The Morgan fingerprint density at radius 2 is 1.15 bits per heavy atom. The van der Waals surface area contributed by atoms with Crippen LogP contribution in [0.3, 0.4) is 0 Å². The predicted octanol–water partition coefficient (Wildman–Crippen LogP) is 5.54. The fraction of sp³-hybridized carbons (Fsp3) is 0.0833. The van der Waals surface area contributed by atoms with Gasteiger partial charge in [-0.05, 0) is 12.1 Å². The number of para-hydroxylation sites is 1. The molecule has 0 bridgehead atoms. The summed E-state index contributed by atoms with van der Waals surface area (Å²) in [6, 6.07) is 30.8. The third kappa shape index (κ3) is 3.58. The summed E-state index contributed by atoms with van der Waals surface area (Å²) in [5.41, 5.74) is 6.17. The van der Waals surface area contributed by atoms with Crippen LogP contribution in [0.15, 0.2) is 91.0 Å². The van der Waals surface area contributed by atoms with E-state index in [1.807, 2.05) is 48.5 Å². The molecule has 0 saturated heterocycles. The monoisotopic (exact) mass is 351 g/mol. The highest BCUT2D eigenvalue weighted by atomic mass is 15.1. The van der Waals surface area contributed by atoms with Gasteiger partial charge in [-0.25, -0.2) is 9.97 Å². The van der Waals surface area contributed by atoms with Gasteiger partial charge in [-0.15, -0.1) is 0 Å². The average molecular weight is 351 g/mol. The summed E-state index contributed by atoms with van der Waals surface area (Å²) in [7, 11) is 4.10. The minimum absolute atomic E-state index is 0.737. The number of anilines is 1. The van der Waals surface area contributed by atoms with E-state index in [1.165, 1.54) is 0 Å². The van der Waals surface area contributed by atoms with Crippen LogP contribution < -0.4 is 4.90 Å². The molecule has 0 fully saturated rings. The van der Waals surface area contributed by atoms with E-state index in [1.54, 1.807) is 0 Å². The van der Waals surface area contributed by atoms with E-state index in [-0.39, 0.29) is 0 Å². The molecule has 4 aromatic rings. The Hall–Kier alpha value is -3.46. The van der Waals surface area contributed by atoms with Crippen molar-refractivity contribution >= 4 is 5.69 Å². The van der Waals surface area contributed by atoms with Gasteiger partial charge >= 0.3 is 0 Å². The van der Waals surface area contributed by atoms with Crippen LogP contribution in [0.25, 0.3) is 33.9 Å². The molecule has 0 unspecified atom stereocenters. The van der Waals surface area contributed by atoms with Crippen LogP contribution in [0.4, 0.5) is 5.69 Å². The molecule has 0 N–H and O–H groups in total. The first-order chi connectivity index (χ1) is 13.2. The Kier molecular flexibility index (Phi) is 4.67. The second-order valence-electron chi connectivity index (χ2n) is 6.61. The molecule has 132 valence electrons. The lowest BCUT2D eigenvalue weighted by Gasteiger charge is -2.18. The van der Waals surface area contributed by atoms with E-state index in [0.717, 1.165) is 39.6 Å². The Bertz CT molecular complexity index is 984. The van der Waals surface area contributed by atoms with Crippen molar-refractivity contribution in [3.63, 3.8) is 0 Å². The molecular weight excluding hydrogens is 330 g/mol. The molecule has 0 radical (unpaired) electrons. The first kappa shape index (κ1) is 17.0. The molecule has 1 aromatic heterocycles. The van der Waals surface area contributed by atoms with E-state index in [0.29, 0.717) is 0 Å². The number of aromatic nitrogens is 2. The van der Waals surface area contributed by atoms with Gasteiger partial charge in [0.2, 0.25) is 0 Å². The molecule has 3 heteroatoms. The maximum Gasteiger partial charge on any atom is 0.160 e. The highest BCUT2D eigenvalue weighted by molar-refractivity contribution is 5.79. The zero-order valence-corrected chi connectivity index (χ0v) is 15.5. The summed E-state index contributed by atoms with van der Waals surface area (Å²) in [4.78, 5) is 11.9. The standard InChI is InChI=1S/C24H21N3/c1-27(2)23-16-10-9-15-20(23)22-17-21(18-11-5-3-6-12-18)25-24(26-22)19-13-7-4-8-14-19/h3-17H,1-2H3. The second-order valence-corrected chi connectivity index (χ2v) is 6.61. The smallest absolute Gasteiger partial charge is 0.160 e. The Labute approximate surface area is 160 Å². The van der Waals surface area contributed by atoms with Gasteiger partial charge in [0, 0.05) is 36.5 Å². The van der Waals surface area contributed by atoms with Crippen molar-refractivity contribution in [1.82, 2.24) is 9.97 Å². The van der Waals surface area contributed by atoms with Crippen LogP contribution in [0.2, 0.25) is 0 Å². The molecular formula is C24H21N3. The lowest BCUT2D eigenvalue weighted by Crippen LogP contribution is -2.10. The number of benzene rings is 3. The molecule has 0 saturated carbocycles. The molecule has 27 heavy (non-hydrogen) atoms. The van der Waals surface area contributed by atoms with Gasteiger partial charge < -0.3 is 4.90 Å². The largest absolute Gasteiger partial charge is 0.377 e. The van der Waals surface area contributed by atoms with E-state index >= 15 is 0 Å². The molecule has 0 spiro atoms. The lowest BCUT2D eigenvalue weighted by atomic mass is 10.0. The summed E-state index contributed by atoms with van der Waals surface area (Å²) < 4.78 is 0. The molecule has 3 aromatic carbocycles. The van der Waals surface area contributed by atoms with Crippen molar-refractivity contribution in [3.05, 3.63) is 91.0 Å². The second kappa shape index (κ2) is 7.42. The fourth-order valence-corrected chi connectivity index (χ4v) is 3.14. The van der Waals surface area contributed by atoms with E-state index in [4.69, 9.17) is 9.97 Å². The Balaban J connectivity index is 1.95. The molecule has 0 aliphatic carbocycles. The predicted molar refractivity (Wildman–Crippen MR) is 113 cm³/mol. The van der Waals surface area contributed by atoms with Crippen LogP contribution in [-0.2, 0) is 0 Å². The Morgan fingerprint density at radius 3 is 1.81 bits per heavy atom. The van der Waals surface area contributed by atoms with E-state index < -0.39 is 0 Å². The van der Waals surface area contributed by atoms with E-state index in [9.17, 15) is 0 Å². The van der Waals surface area contributed by atoms with Gasteiger partial charge in [0.15, 0.2) is 5.82 Å². The normalized spacial score (nSPS) is 10.6. The van der Waals surface area contributed by atoms with E-state index in [2.05, 4.69) is 61.5 Å². The maximum atomic E-state index is 4.90. The molecule has 3 nitrogen and oxygen atoms in total. The first-order valence-corrected chi connectivity index (χ1v) is 8.99. The van der Waals surface area contributed by atoms with Gasteiger partial charge in [-0.3, -0.25) is 0 Å². The van der Waals surface area contributed by atoms with Crippen LogP contribution in [0.1, 0.15) is 0 Å². The summed E-state index contributed by atoms with van der Waals surface area (Å²) >= 11 is 0. The number of rotatable bonds is 4. The molecule has 4 rings (SSSR count). The third-order valence-electron chi connectivity index (χ3n) is 4.49. The van der Waals surface area contributed by atoms with Crippen LogP contribution >= 0.6 is 0 Å². The summed E-state index contributed by atoms with van der Waals surface area (Å²) in [6.45, 7) is 0. The zero-order chi connectivity index (χ0) is 18.6. The molecule has 0 amide bonds. The van der Waals surface area contributed by atoms with Gasteiger partial charge in [0.05, 0.1) is 11.4 Å². The Morgan fingerprint density at radius 1 is 0.593 bits per heavy atom. The summed E-state index contributed by atoms with van der Waals surface area (Å²) in [6.07, 6.45) is 0. The minimum atomic E-state index is 0.737. The highest BCUT2D eigenvalue weighted by Gasteiger charge is 2.13. The van der Waals surface area contributed by atoms with Crippen LogP contribution in [0.5, 0.6) is 0 Å². The molecule has 0 atom stereocenters. The van der Waals surface area contributed by atoms with Gasteiger partial charge in [0.25, 0.3) is 0 Å². The summed E-state index contributed by atoms with van der Waals surface area (Å²) in [5, 5.41) is 0. The topological polar surface area (TPSA) is 29.0 Å². The van der Waals surface area contributed by atoms with Crippen molar-refractivity contribution in [2.24, 2.45) is 0 Å². The van der Waals surface area contributed by atoms with Gasteiger partial charge in [-0.2, -0.15) is 0 Å². The number of hydrogen-bond donors (Lipinski definition) is 0. The van der Waals surface area contributed by atoms with Crippen molar-refractivity contribution in [3.8, 4) is 33.9 Å².